The van der Waals surface area contributed by atoms with Crippen molar-refractivity contribution < 1.29 is 5.11 Å². The molecule has 1 saturated carbocycles. The minimum absolute atomic E-state index is 0.207. The number of aliphatic hydroxyl groups excluding tert-OH is 1. The zero-order chi connectivity index (χ0) is 10.1. The van der Waals surface area contributed by atoms with Crippen LogP contribution in [0.1, 0.15) is 40.0 Å². The van der Waals surface area contributed by atoms with E-state index < -0.39 is 0 Å². The molecule has 2 heteroatoms. The highest BCUT2D eigenvalue weighted by Crippen LogP contribution is 2.39. The van der Waals surface area contributed by atoms with Crippen LogP contribution in [0.3, 0.4) is 0 Å². The quantitative estimate of drug-likeness (QED) is 0.725. The van der Waals surface area contributed by atoms with Crippen molar-refractivity contribution >= 4 is 0 Å². The van der Waals surface area contributed by atoms with Gasteiger partial charge in [-0.05, 0) is 32.2 Å². The lowest BCUT2D eigenvalue weighted by Crippen LogP contribution is -2.42. The van der Waals surface area contributed by atoms with Crippen LogP contribution in [0, 0.1) is 5.41 Å². The second-order valence-electron chi connectivity index (χ2n) is 5.19. The minimum atomic E-state index is -0.207. The Balaban J connectivity index is 2.51. The Kier molecular flexibility index (Phi) is 3.36. The maximum absolute atomic E-state index is 9.31. The van der Waals surface area contributed by atoms with Crippen molar-refractivity contribution in [2.24, 2.45) is 5.41 Å². The molecule has 0 radical (unpaired) electrons. The Hall–Kier alpha value is -0.0800. The second-order valence-corrected chi connectivity index (χ2v) is 5.19. The molecular formula is C11H23NO. The van der Waals surface area contributed by atoms with E-state index in [-0.39, 0.29) is 6.10 Å². The summed E-state index contributed by atoms with van der Waals surface area (Å²) in [6.07, 6.45) is 3.74. The maximum atomic E-state index is 9.31. The minimum Gasteiger partial charge on any atom is -0.392 e. The average Bonchev–Trinajstić information content (AvgIpc) is 2.27. The first-order chi connectivity index (χ1) is 5.93. The van der Waals surface area contributed by atoms with Crippen LogP contribution in [0.15, 0.2) is 0 Å². The van der Waals surface area contributed by atoms with Crippen molar-refractivity contribution in [3.63, 3.8) is 0 Å². The highest BCUT2D eigenvalue weighted by atomic mass is 16.3. The fraction of sp³-hybridized carbons (Fsp3) is 1.00. The van der Waals surface area contributed by atoms with Gasteiger partial charge in [-0.1, -0.05) is 20.3 Å². The van der Waals surface area contributed by atoms with Crippen LogP contribution in [-0.2, 0) is 0 Å². The largest absolute Gasteiger partial charge is 0.392 e. The molecule has 1 N–H and O–H groups in total. The number of hydrogen-bond donors (Lipinski definition) is 1. The van der Waals surface area contributed by atoms with Gasteiger partial charge in [0.25, 0.3) is 0 Å². The third-order valence-electron chi connectivity index (χ3n) is 3.29. The Bertz CT molecular complexity index is 165. The molecule has 0 bridgehead atoms. The zero-order valence-electron chi connectivity index (χ0n) is 9.38. The number of nitrogens with zero attached hydrogens (tertiary/aromatic N) is 1. The highest BCUT2D eigenvalue weighted by molar-refractivity contribution is 4.91. The SMILES string of the molecule is C[C@@H](O)CN(C)C1CCCC1(C)C. The van der Waals surface area contributed by atoms with E-state index >= 15 is 0 Å². The van der Waals surface area contributed by atoms with Crippen molar-refractivity contribution in [1.82, 2.24) is 4.90 Å². The normalized spacial score (nSPS) is 29.5. The Morgan fingerprint density at radius 3 is 2.54 bits per heavy atom. The molecule has 2 atom stereocenters. The molecule has 1 aliphatic rings. The van der Waals surface area contributed by atoms with Gasteiger partial charge in [0.1, 0.15) is 0 Å². The molecule has 0 saturated heterocycles. The van der Waals surface area contributed by atoms with Gasteiger partial charge in [-0.15, -0.1) is 0 Å². The van der Waals surface area contributed by atoms with E-state index in [0.29, 0.717) is 11.5 Å². The van der Waals surface area contributed by atoms with Crippen LogP contribution in [0.4, 0.5) is 0 Å². The molecule has 1 fully saturated rings. The van der Waals surface area contributed by atoms with Gasteiger partial charge in [0.05, 0.1) is 6.10 Å². The third-order valence-corrected chi connectivity index (χ3v) is 3.29. The van der Waals surface area contributed by atoms with Crippen LogP contribution in [0.25, 0.3) is 0 Å². The number of aliphatic hydroxyl groups is 1. The van der Waals surface area contributed by atoms with Gasteiger partial charge < -0.3 is 10.0 Å². The first kappa shape index (κ1) is 11.0. The third kappa shape index (κ3) is 2.68. The molecule has 1 unspecified atom stereocenters. The van der Waals surface area contributed by atoms with Gasteiger partial charge in [-0.3, -0.25) is 0 Å². The van der Waals surface area contributed by atoms with E-state index in [1.165, 1.54) is 19.3 Å². The summed E-state index contributed by atoms with van der Waals surface area (Å²) in [5.41, 5.74) is 0.434. The number of likely N-dealkylation sites (N-methyl/N-ethyl adjacent to an activating group) is 1. The highest BCUT2D eigenvalue weighted by Gasteiger charge is 2.36. The molecule has 1 aliphatic carbocycles. The molecule has 0 aliphatic heterocycles. The average molecular weight is 185 g/mol. The Morgan fingerprint density at radius 2 is 2.15 bits per heavy atom. The molecule has 0 heterocycles. The summed E-state index contributed by atoms with van der Waals surface area (Å²) in [6.45, 7) is 7.33. The fourth-order valence-corrected chi connectivity index (χ4v) is 2.67. The van der Waals surface area contributed by atoms with Crippen LogP contribution >= 0.6 is 0 Å². The molecule has 2 nitrogen and oxygen atoms in total. The van der Waals surface area contributed by atoms with Crippen molar-refractivity contribution in [2.75, 3.05) is 13.6 Å². The first-order valence-electron chi connectivity index (χ1n) is 5.32. The summed E-state index contributed by atoms with van der Waals surface area (Å²) in [6, 6.07) is 0.655. The molecular weight excluding hydrogens is 162 g/mol. The van der Waals surface area contributed by atoms with Crippen molar-refractivity contribution in [2.45, 2.75) is 52.2 Å². The van der Waals surface area contributed by atoms with Crippen LogP contribution in [-0.4, -0.2) is 35.7 Å². The fourth-order valence-electron chi connectivity index (χ4n) is 2.67. The van der Waals surface area contributed by atoms with Crippen LogP contribution < -0.4 is 0 Å². The molecule has 1 rings (SSSR count). The lowest BCUT2D eigenvalue weighted by Gasteiger charge is -2.35. The van der Waals surface area contributed by atoms with Crippen molar-refractivity contribution in [3.05, 3.63) is 0 Å². The lowest BCUT2D eigenvalue weighted by molar-refractivity contribution is 0.0802. The Labute approximate surface area is 81.9 Å². The van der Waals surface area contributed by atoms with E-state index in [4.69, 9.17) is 0 Å². The van der Waals surface area contributed by atoms with Crippen LogP contribution in [0.5, 0.6) is 0 Å². The van der Waals surface area contributed by atoms with Gasteiger partial charge in [-0.2, -0.15) is 0 Å². The number of rotatable bonds is 3. The molecule has 13 heavy (non-hydrogen) atoms. The maximum Gasteiger partial charge on any atom is 0.0639 e. The molecule has 78 valence electrons. The van der Waals surface area contributed by atoms with E-state index in [1.807, 2.05) is 6.92 Å². The molecule has 0 spiro atoms. The summed E-state index contributed by atoms with van der Waals surface area (Å²) >= 11 is 0. The summed E-state index contributed by atoms with van der Waals surface area (Å²) < 4.78 is 0. The topological polar surface area (TPSA) is 23.5 Å². The van der Waals surface area contributed by atoms with E-state index in [1.54, 1.807) is 0 Å². The van der Waals surface area contributed by atoms with Gasteiger partial charge >= 0.3 is 0 Å². The van der Waals surface area contributed by atoms with Crippen LogP contribution in [0.2, 0.25) is 0 Å². The van der Waals surface area contributed by atoms with E-state index in [9.17, 15) is 5.11 Å². The second kappa shape index (κ2) is 3.97. The standard InChI is InChI=1S/C11H23NO/c1-9(13)8-12(4)10-6-5-7-11(10,2)3/h9-10,13H,5-8H2,1-4H3/t9-,10?/m1/s1. The monoisotopic (exact) mass is 185 g/mol. The first-order valence-corrected chi connectivity index (χ1v) is 5.32. The smallest absolute Gasteiger partial charge is 0.0639 e. The van der Waals surface area contributed by atoms with E-state index in [2.05, 4.69) is 25.8 Å². The van der Waals surface area contributed by atoms with Gasteiger partial charge in [0, 0.05) is 12.6 Å². The summed E-state index contributed by atoms with van der Waals surface area (Å²) in [5, 5.41) is 9.31. The van der Waals surface area contributed by atoms with Crippen molar-refractivity contribution in [1.29, 1.82) is 0 Å². The van der Waals surface area contributed by atoms with Crippen molar-refractivity contribution in [3.8, 4) is 0 Å². The van der Waals surface area contributed by atoms with Gasteiger partial charge in [-0.25, -0.2) is 0 Å². The summed E-state index contributed by atoms with van der Waals surface area (Å²) in [4.78, 5) is 2.32. The summed E-state index contributed by atoms with van der Waals surface area (Å²) in [7, 11) is 2.13. The van der Waals surface area contributed by atoms with Gasteiger partial charge in [0.2, 0.25) is 0 Å². The lowest BCUT2D eigenvalue weighted by atomic mass is 9.86. The Morgan fingerprint density at radius 1 is 1.54 bits per heavy atom. The predicted octanol–water partition coefficient (Wildman–Crippen LogP) is 1.88. The zero-order valence-corrected chi connectivity index (χ0v) is 9.38. The summed E-state index contributed by atoms with van der Waals surface area (Å²) in [5.74, 6) is 0. The predicted molar refractivity (Wildman–Crippen MR) is 55.7 cm³/mol. The molecule has 0 aromatic rings. The number of hydrogen-bond acceptors (Lipinski definition) is 2. The molecule has 0 aromatic carbocycles. The van der Waals surface area contributed by atoms with Gasteiger partial charge in [0.15, 0.2) is 0 Å². The molecule has 0 amide bonds. The molecule has 0 aromatic heterocycles. The van der Waals surface area contributed by atoms with E-state index in [0.717, 1.165) is 6.54 Å².